The zero-order chi connectivity index (χ0) is 40.0. The normalized spacial score (nSPS) is 27.3. The predicted octanol–water partition coefficient (Wildman–Crippen LogP) is 9.61. The molecule has 4 bridgehead atoms. The van der Waals surface area contributed by atoms with Gasteiger partial charge in [0.2, 0.25) is 11.8 Å². The van der Waals surface area contributed by atoms with Crippen LogP contribution in [-0.4, -0.2) is 88.6 Å². The molecule has 0 saturated carbocycles. The van der Waals surface area contributed by atoms with E-state index in [4.69, 9.17) is 34.4 Å². The van der Waals surface area contributed by atoms with Crippen molar-refractivity contribution in [2.75, 3.05) is 46.5 Å². The quantitative estimate of drug-likeness (QED) is 0.114. The number of rotatable bonds is 13. The SMILES string of the molecule is CCC1C[N@@]2CCC1CC2[C@H](COc1nnc(OC[C@H](c2ccnc3ccc(OC)cc23)[C@@H]2C[C@H]3CCN2CC3CC)c2ccccc12)c1ccnc2ccc(C)cc12. The van der Waals surface area contributed by atoms with Crippen molar-refractivity contribution in [3.8, 4) is 17.5 Å². The van der Waals surface area contributed by atoms with Crippen LogP contribution in [0.2, 0.25) is 0 Å². The van der Waals surface area contributed by atoms with Crippen LogP contribution in [0.4, 0.5) is 0 Å². The fraction of sp³-hybridized carbons (Fsp3) is 0.480. The molecule has 0 amide bonds. The van der Waals surface area contributed by atoms with E-state index in [-0.39, 0.29) is 11.8 Å². The van der Waals surface area contributed by atoms with Gasteiger partial charge in [-0.15, -0.1) is 10.2 Å². The summed E-state index contributed by atoms with van der Waals surface area (Å²) in [6, 6.07) is 26.3. The van der Waals surface area contributed by atoms with E-state index in [2.05, 4.69) is 97.3 Å². The topological polar surface area (TPSA) is 85.7 Å². The van der Waals surface area contributed by atoms with Crippen LogP contribution in [-0.2, 0) is 0 Å². The Morgan fingerprint density at radius 2 is 1.17 bits per heavy atom. The van der Waals surface area contributed by atoms with Crippen LogP contribution < -0.4 is 14.2 Å². The molecule has 6 saturated heterocycles. The van der Waals surface area contributed by atoms with Gasteiger partial charge in [-0.3, -0.25) is 19.8 Å². The highest BCUT2D eigenvalue weighted by molar-refractivity contribution is 5.90. The second-order valence-electron chi connectivity index (χ2n) is 17.9. The van der Waals surface area contributed by atoms with Crippen LogP contribution in [0.15, 0.2) is 85.2 Å². The Hall–Kier alpha value is -4.86. The lowest BCUT2D eigenvalue weighted by molar-refractivity contribution is -0.0177. The number of aromatic nitrogens is 4. The number of fused-ring (bicyclic) bond motifs is 9. The van der Waals surface area contributed by atoms with Gasteiger partial charge in [0.1, 0.15) is 5.75 Å². The van der Waals surface area contributed by atoms with E-state index < -0.39 is 0 Å². The van der Waals surface area contributed by atoms with Crippen molar-refractivity contribution >= 4 is 32.6 Å². The molecule has 6 aromatic rings. The summed E-state index contributed by atoms with van der Waals surface area (Å²) in [4.78, 5) is 15.0. The van der Waals surface area contributed by atoms with Gasteiger partial charge in [0, 0.05) is 60.2 Å². The van der Waals surface area contributed by atoms with Gasteiger partial charge in [-0.1, -0.05) is 50.5 Å². The second-order valence-corrected chi connectivity index (χ2v) is 17.9. The number of methoxy groups -OCH3 is 1. The molecule has 9 nitrogen and oxygen atoms in total. The second kappa shape index (κ2) is 16.3. The lowest BCUT2D eigenvalue weighted by Gasteiger charge is -2.52. The molecule has 3 aromatic heterocycles. The average molecular weight is 791 g/mol. The van der Waals surface area contributed by atoms with E-state index in [1.165, 1.54) is 67.1 Å². The molecule has 12 rings (SSSR count). The van der Waals surface area contributed by atoms with Gasteiger partial charge < -0.3 is 14.2 Å². The van der Waals surface area contributed by atoms with E-state index in [0.29, 0.717) is 37.1 Å². The number of piperidine rings is 6. The average Bonchev–Trinajstić information content (AvgIpc) is 3.29. The zero-order valence-electron chi connectivity index (χ0n) is 35.1. The van der Waals surface area contributed by atoms with Crippen LogP contribution in [0.5, 0.6) is 17.5 Å². The molecule has 306 valence electrons. The first-order valence-corrected chi connectivity index (χ1v) is 22.3. The minimum atomic E-state index is 0.109. The highest BCUT2D eigenvalue weighted by Gasteiger charge is 2.45. The van der Waals surface area contributed by atoms with Gasteiger partial charge in [-0.25, -0.2) is 0 Å². The van der Waals surface area contributed by atoms with Crippen molar-refractivity contribution in [2.24, 2.45) is 23.7 Å². The Kier molecular flexibility index (Phi) is 10.6. The van der Waals surface area contributed by atoms with Gasteiger partial charge in [0.05, 0.1) is 42.1 Å². The highest BCUT2D eigenvalue weighted by Crippen LogP contribution is 2.46. The van der Waals surface area contributed by atoms with E-state index in [1.54, 1.807) is 7.11 Å². The molecule has 0 spiro atoms. The first kappa shape index (κ1) is 38.3. The number of hydrogen-bond donors (Lipinski definition) is 0. The standard InChI is InChI=1S/C50H58N6O3/c1-5-32-27-55-21-17-34(32)24-47(55)43(37-15-19-51-45-13-11-31(3)23-41(37)45)29-58-49-39-9-7-8-10-40(39)50(54-53-49)59-30-44(48-25-35-18-22-56(48)28-33(35)6-2)38-16-20-52-46-14-12-36(57-4)26-42(38)46/h7-16,19-20,23,26,32-35,43-44,47-48H,5-6,17-18,21-22,24-25,27-30H2,1-4H3/t32?,33?,34?,35-,43-,44-,47?,48+/m1/s1. The first-order valence-electron chi connectivity index (χ1n) is 22.3. The lowest BCUT2D eigenvalue weighted by Crippen LogP contribution is -2.55. The molecule has 0 N–H and O–H groups in total. The smallest absolute Gasteiger partial charge is 0.241 e. The molecule has 5 unspecified atom stereocenters. The number of pyridine rings is 2. The summed E-state index contributed by atoms with van der Waals surface area (Å²) in [7, 11) is 1.73. The zero-order valence-corrected chi connectivity index (χ0v) is 35.1. The Bertz CT molecular complexity index is 2460. The Morgan fingerprint density at radius 3 is 1.66 bits per heavy atom. The minimum absolute atomic E-state index is 0.109. The maximum atomic E-state index is 6.90. The molecule has 10 atom stereocenters. The van der Waals surface area contributed by atoms with Gasteiger partial charge in [-0.05, 0) is 135 Å². The third-order valence-corrected chi connectivity index (χ3v) is 15.0. The largest absolute Gasteiger partial charge is 0.497 e. The van der Waals surface area contributed by atoms with Crippen molar-refractivity contribution < 1.29 is 14.2 Å². The van der Waals surface area contributed by atoms with E-state index in [9.17, 15) is 0 Å². The van der Waals surface area contributed by atoms with Crippen molar-refractivity contribution in [1.82, 2.24) is 30.0 Å². The molecule has 6 fully saturated rings. The van der Waals surface area contributed by atoms with Crippen molar-refractivity contribution in [3.63, 3.8) is 0 Å². The van der Waals surface area contributed by atoms with Crippen LogP contribution in [0.3, 0.4) is 0 Å². The van der Waals surface area contributed by atoms with Crippen LogP contribution in [0.1, 0.15) is 80.9 Å². The summed E-state index contributed by atoms with van der Waals surface area (Å²) < 4.78 is 19.5. The Labute approximate surface area is 348 Å². The predicted molar refractivity (Wildman–Crippen MR) is 235 cm³/mol. The first-order chi connectivity index (χ1) is 29.0. The van der Waals surface area contributed by atoms with Gasteiger partial charge in [0.25, 0.3) is 0 Å². The molecular weight excluding hydrogens is 733 g/mol. The maximum Gasteiger partial charge on any atom is 0.241 e. The van der Waals surface area contributed by atoms with Crippen LogP contribution in [0, 0.1) is 30.6 Å². The summed E-state index contributed by atoms with van der Waals surface area (Å²) in [5, 5.41) is 13.8. The lowest BCUT2D eigenvalue weighted by atomic mass is 9.70. The molecule has 9 heteroatoms. The van der Waals surface area contributed by atoms with Crippen LogP contribution in [0.25, 0.3) is 32.6 Å². The van der Waals surface area contributed by atoms with Crippen LogP contribution >= 0.6 is 0 Å². The number of hydrogen-bond acceptors (Lipinski definition) is 9. The summed E-state index contributed by atoms with van der Waals surface area (Å²) in [5.41, 5.74) is 5.81. The summed E-state index contributed by atoms with van der Waals surface area (Å²) in [5.74, 6) is 5.24. The molecule has 0 radical (unpaired) electrons. The maximum absolute atomic E-state index is 6.90. The summed E-state index contributed by atoms with van der Waals surface area (Å²) in [6.07, 6.45) is 11.3. The third kappa shape index (κ3) is 7.18. The van der Waals surface area contributed by atoms with Gasteiger partial charge in [0.15, 0.2) is 0 Å². The molecule has 3 aromatic carbocycles. The molecule has 59 heavy (non-hydrogen) atoms. The van der Waals surface area contributed by atoms with Gasteiger partial charge >= 0.3 is 0 Å². The minimum Gasteiger partial charge on any atom is -0.497 e. The molecule has 9 heterocycles. The number of nitrogens with zero attached hydrogens (tertiary/aromatic N) is 6. The summed E-state index contributed by atoms with van der Waals surface area (Å²) in [6.45, 7) is 12.5. The number of ether oxygens (including phenoxy) is 3. The third-order valence-electron chi connectivity index (χ3n) is 15.0. The van der Waals surface area contributed by atoms with E-state index >= 15 is 0 Å². The van der Waals surface area contributed by atoms with E-state index in [0.717, 1.165) is 76.2 Å². The molecular formula is C50H58N6O3. The van der Waals surface area contributed by atoms with E-state index in [1.807, 2.05) is 18.5 Å². The highest BCUT2D eigenvalue weighted by atomic mass is 16.5. The van der Waals surface area contributed by atoms with Gasteiger partial charge in [-0.2, -0.15) is 0 Å². The van der Waals surface area contributed by atoms with Crippen molar-refractivity contribution in [1.29, 1.82) is 0 Å². The molecule has 6 aliphatic heterocycles. The fourth-order valence-corrected chi connectivity index (χ4v) is 11.7. The number of benzene rings is 3. The summed E-state index contributed by atoms with van der Waals surface area (Å²) >= 11 is 0. The Balaban J connectivity index is 0.965. The molecule has 0 aliphatic carbocycles. The van der Waals surface area contributed by atoms with Crippen molar-refractivity contribution in [3.05, 3.63) is 102 Å². The van der Waals surface area contributed by atoms with Crippen molar-refractivity contribution in [2.45, 2.75) is 83.2 Å². The molecule has 6 aliphatic rings. The fourth-order valence-electron chi connectivity index (χ4n) is 11.7. The monoisotopic (exact) mass is 790 g/mol. The number of aryl methyl sites for hydroxylation is 1. The Morgan fingerprint density at radius 1 is 0.644 bits per heavy atom.